The van der Waals surface area contributed by atoms with Gasteiger partial charge in [0.1, 0.15) is 12.3 Å². The second-order valence-electron chi connectivity index (χ2n) is 9.51. The van der Waals surface area contributed by atoms with E-state index in [4.69, 9.17) is 4.74 Å². The van der Waals surface area contributed by atoms with Gasteiger partial charge in [0.2, 0.25) is 0 Å². The third-order valence-electron chi connectivity index (χ3n) is 7.71. The number of carbonyl (C=O) groups is 1. The van der Waals surface area contributed by atoms with E-state index < -0.39 is 0 Å². The van der Waals surface area contributed by atoms with Crippen LogP contribution in [0.25, 0.3) is 22.3 Å². The van der Waals surface area contributed by atoms with Gasteiger partial charge in [-0.15, -0.1) is 0 Å². The molecule has 0 spiro atoms. The molecule has 2 aromatic carbocycles. The van der Waals surface area contributed by atoms with E-state index in [1.807, 2.05) is 21.7 Å². The molecule has 168 valence electrons. The van der Waals surface area contributed by atoms with Gasteiger partial charge in [-0.25, -0.2) is 9.78 Å². The molecule has 5 nitrogen and oxygen atoms in total. The van der Waals surface area contributed by atoms with Gasteiger partial charge in [-0.2, -0.15) is 0 Å². The fourth-order valence-corrected chi connectivity index (χ4v) is 6.11. The molecule has 3 aliphatic rings. The molecule has 2 atom stereocenters. The zero-order valence-corrected chi connectivity index (χ0v) is 18.8. The zero-order chi connectivity index (χ0) is 22.6. The molecule has 4 aromatic rings. The van der Waals surface area contributed by atoms with Crippen molar-refractivity contribution in [1.29, 1.82) is 0 Å². The van der Waals surface area contributed by atoms with Crippen LogP contribution >= 0.6 is 0 Å². The molecule has 0 N–H and O–H groups in total. The number of carbonyl (C=O) groups excluding carboxylic acids is 1. The summed E-state index contributed by atoms with van der Waals surface area (Å²) in [5.74, 6) is 0.0890. The lowest BCUT2D eigenvalue weighted by Gasteiger charge is -2.33. The number of imidazole rings is 1. The molecule has 1 aliphatic carbocycles. The highest BCUT2D eigenvalue weighted by molar-refractivity contribution is 5.79. The van der Waals surface area contributed by atoms with Crippen molar-refractivity contribution in [2.24, 2.45) is 0 Å². The smallest absolute Gasteiger partial charge is 0.410 e. The van der Waals surface area contributed by atoms with E-state index in [1.165, 1.54) is 33.4 Å². The van der Waals surface area contributed by atoms with Gasteiger partial charge in [0, 0.05) is 30.6 Å². The summed E-state index contributed by atoms with van der Waals surface area (Å²) in [4.78, 5) is 19.7. The van der Waals surface area contributed by atoms with Gasteiger partial charge in [0.05, 0.1) is 6.04 Å². The number of rotatable bonds is 3. The van der Waals surface area contributed by atoms with Crippen LogP contribution < -0.4 is 0 Å². The monoisotopic (exact) mass is 447 g/mol. The van der Waals surface area contributed by atoms with Crippen molar-refractivity contribution in [1.82, 2.24) is 14.3 Å². The van der Waals surface area contributed by atoms with Gasteiger partial charge in [-0.05, 0) is 64.8 Å². The van der Waals surface area contributed by atoms with Crippen LogP contribution in [0, 0.1) is 0 Å². The van der Waals surface area contributed by atoms with Crippen LogP contribution in [0.4, 0.5) is 4.79 Å². The number of aromatic nitrogens is 2. The van der Waals surface area contributed by atoms with Crippen LogP contribution in [0.15, 0.2) is 85.3 Å². The molecule has 2 bridgehead atoms. The lowest BCUT2D eigenvalue weighted by atomic mass is 9.95. The molecule has 0 radical (unpaired) electrons. The second-order valence-corrected chi connectivity index (χ2v) is 9.51. The molecule has 2 aromatic heterocycles. The van der Waals surface area contributed by atoms with E-state index in [0.29, 0.717) is 6.61 Å². The molecule has 4 heterocycles. The molecule has 34 heavy (non-hydrogen) atoms. The minimum Gasteiger partial charge on any atom is -0.448 e. The predicted molar refractivity (Wildman–Crippen MR) is 132 cm³/mol. The largest absolute Gasteiger partial charge is 0.448 e. The first-order chi connectivity index (χ1) is 16.8. The Morgan fingerprint density at radius 3 is 2.50 bits per heavy atom. The first kappa shape index (κ1) is 19.6. The van der Waals surface area contributed by atoms with Gasteiger partial charge < -0.3 is 9.14 Å². The minimum atomic E-state index is -0.187. The summed E-state index contributed by atoms with van der Waals surface area (Å²) in [6.07, 6.45) is 10.8. The predicted octanol–water partition coefficient (Wildman–Crippen LogP) is 5.90. The lowest BCUT2D eigenvalue weighted by molar-refractivity contribution is 0.0866. The summed E-state index contributed by atoms with van der Waals surface area (Å²) in [6, 6.07) is 21.5. The molecule has 2 unspecified atom stereocenters. The van der Waals surface area contributed by atoms with Crippen LogP contribution in [0.5, 0.6) is 0 Å². The summed E-state index contributed by atoms with van der Waals surface area (Å²) in [5, 5.41) is 0. The SMILES string of the molecule is O=C(OCC1c2ccccc2-c2ccccc21)N1C2C=C(c3ccn4ccnc4c3)CC1CC2. The van der Waals surface area contributed by atoms with Gasteiger partial charge in [-0.1, -0.05) is 54.6 Å². The van der Waals surface area contributed by atoms with Crippen LogP contribution in [-0.2, 0) is 4.74 Å². The Kier molecular flexibility index (Phi) is 4.37. The summed E-state index contributed by atoms with van der Waals surface area (Å²) >= 11 is 0. The molecule has 7 rings (SSSR count). The van der Waals surface area contributed by atoms with Crippen molar-refractivity contribution < 1.29 is 9.53 Å². The molecule has 5 heteroatoms. The molecule has 2 aliphatic heterocycles. The van der Waals surface area contributed by atoms with E-state index in [-0.39, 0.29) is 24.1 Å². The van der Waals surface area contributed by atoms with Crippen molar-refractivity contribution in [2.45, 2.75) is 37.3 Å². The number of ether oxygens (including phenoxy) is 1. The number of benzene rings is 2. The highest BCUT2D eigenvalue weighted by Crippen LogP contribution is 2.45. The van der Waals surface area contributed by atoms with Gasteiger partial charge >= 0.3 is 6.09 Å². The third kappa shape index (κ3) is 3.00. The van der Waals surface area contributed by atoms with Crippen molar-refractivity contribution in [3.8, 4) is 11.1 Å². The Labute approximate surface area is 198 Å². The normalized spacial score (nSPS) is 20.8. The van der Waals surface area contributed by atoms with Crippen molar-refractivity contribution in [2.75, 3.05) is 6.61 Å². The van der Waals surface area contributed by atoms with E-state index in [2.05, 4.69) is 77.9 Å². The second kappa shape index (κ2) is 7.59. The Morgan fingerprint density at radius 1 is 0.971 bits per heavy atom. The van der Waals surface area contributed by atoms with Gasteiger partial charge in [0.15, 0.2) is 0 Å². The molecule has 0 saturated carbocycles. The quantitative estimate of drug-likeness (QED) is 0.393. The Bertz CT molecular complexity index is 1410. The Balaban J connectivity index is 1.11. The number of fused-ring (bicyclic) bond motifs is 6. The fraction of sp³-hybridized carbons (Fsp3) is 0.241. The minimum absolute atomic E-state index is 0.0890. The molecule has 1 amide bonds. The average molecular weight is 448 g/mol. The fourth-order valence-electron chi connectivity index (χ4n) is 6.11. The zero-order valence-electron chi connectivity index (χ0n) is 18.8. The average Bonchev–Trinajstić information content (AvgIpc) is 3.54. The summed E-state index contributed by atoms with van der Waals surface area (Å²) in [6.45, 7) is 0.371. The Morgan fingerprint density at radius 2 is 1.74 bits per heavy atom. The van der Waals surface area contributed by atoms with E-state index in [0.717, 1.165) is 24.9 Å². The maximum absolute atomic E-state index is 13.3. The molecule has 1 fully saturated rings. The Hall–Kier alpha value is -3.86. The van der Waals surface area contributed by atoms with Crippen LogP contribution in [-0.4, -0.2) is 39.1 Å². The molecule has 1 saturated heterocycles. The van der Waals surface area contributed by atoms with Crippen molar-refractivity contribution >= 4 is 17.3 Å². The van der Waals surface area contributed by atoms with Crippen LogP contribution in [0.2, 0.25) is 0 Å². The number of amides is 1. The standard InChI is InChI=1S/C29H25N3O2/c33-29(34-18-27-25-7-3-1-5-23(25)24-6-2-4-8-26(24)27)32-21-9-10-22(32)16-20(15-21)19-11-13-31-14-12-30-28(31)17-19/h1-8,11-15,17,21-22,27H,9-10,16,18H2. The first-order valence-corrected chi connectivity index (χ1v) is 12.0. The number of nitrogens with zero attached hydrogens (tertiary/aromatic N) is 3. The van der Waals surface area contributed by atoms with Crippen LogP contribution in [0.3, 0.4) is 0 Å². The molecular weight excluding hydrogens is 422 g/mol. The maximum atomic E-state index is 13.3. The maximum Gasteiger partial charge on any atom is 0.410 e. The number of hydrogen-bond donors (Lipinski definition) is 0. The van der Waals surface area contributed by atoms with Crippen molar-refractivity contribution in [3.05, 3.63) is 102 Å². The van der Waals surface area contributed by atoms with E-state index in [9.17, 15) is 4.79 Å². The van der Waals surface area contributed by atoms with E-state index in [1.54, 1.807) is 0 Å². The highest BCUT2D eigenvalue weighted by atomic mass is 16.6. The van der Waals surface area contributed by atoms with Gasteiger partial charge in [-0.3, -0.25) is 4.90 Å². The summed E-state index contributed by atoms with van der Waals surface area (Å²) in [7, 11) is 0. The van der Waals surface area contributed by atoms with Crippen LogP contribution in [0.1, 0.15) is 41.9 Å². The first-order valence-electron chi connectivity index (χ1n) is 12.0. The number of hydrogen-bond acceptors (Lipinski definition) is 3. The topological polar surface area (TPSA) is 46.8 Å². The highest BCUT2D eigenvalue weighted by Gasteiger charge is 2.41. The molecular formula is C29H25N3O2. The summed E-state index contributed by atoms with van der Waals surface area (Å²) in [5.41, 5.74) is 8.44. The van der Waals surface area contributed by atoms with E-state index >= 15 is 0 Å². The third-order valence-corrected chi connectivity index (χ3v) is 7.71. The van der Waals surface area contributed by atoms with Gasteiger partial charge in [0.25, 0.3) is 0 Å². The summed E-state index contributed by atoms with van der Waals surface area (Å²) < 4.78 is 8.01. The van der Waals surface area contributed by atoms with Crippen molar-refractivity contribution in [3.63, 3.8) is 0 Å². The lowest BCUT2D eigenvalue weighted by Crippen LogP contribution is -2.43. The number of pyridine rings is 1.